The summed E-state index contributed by atoms with van der Waals surface area (Å²) in [5.74, 6) is -1.99. The minimum atomic E-state index is -0.953. The molecule has 0 bridgehead atoms. The van der Waals surface area contributed by atoms with Gasteiger partial charge in [-0.05, 0) is 31.9 Å². The molecule has 1 aliphatic carbocycles. The molecule has 0 spiro atoms. The molecule has 3 N–H and O–H groups in total. The Labute approximate surface area is 118 Å². The number of rotatable bonds is 7. The van der Waals surface area contributed by atoms with Gasteiger partial charge in [-0.1, -0.05) is 6.08 Å². The molecular formula is C14H21NO5. The number of carbonyl (C=O) groups excluding carboxylic acids is 1. The van der Waals surface area contributed by atoms with Gasteiger partial charge in [0.2, 0.25) is 0 Å². The maximum Gasteiger partial charge on any atom is 0.312 e. The van der Waals surface area contributed by atoms with Crippen LogP contribution in [0.2, 0.25) is 0 Å². The molecule has 0 aromatic heterocycles. The number of aliphatic hydroxyl groups excluding tert-OH is 1. The van der Waals surface area contributed by atoms with Crippen LogP contribution in [-0.4, -0.2) is 41.4 Å². The second kappa shape index (κ2) is 7.69. The van der Waals surface area contributed by atoms with Gasteiger partial charge in [-0.25, -0.2) is 0 Å². The summed E-state index contributed by atoms with van der Waals surface area (Å²) in [5, 5.41) is 21.3. The van der Waals surface area contributed by atoms with Crippen LogP contribution in [0.4, 0.5) is 0 Å². The average molecular weight is 283 g/mol. The van der Waals surface area contributed by atoms with Crippen LogP contribution in [0.5, 0.6) is 0 Å². The summed E-state index contributed by atoms with van der Waals surface area (Å²) in [6.07, 6.45) is 3.80. The van der Waals surface area contributed by atoms with E-state index in [1.165, 1.54) is 0 Å². The van der Waals surface area contributed by atoms with Gasteiger partial charge in [-0.2, -0.15) is 0 Å². The third kappa shape index (κ3) is 4.70. The third-order valence-electron chi connectivity index (χ3n) is 3.03. The van der Waals surface area contributed by atoms with Gasteiger partial charge in [-0.3, -0.25) is 9.59 Å². The molecule has 0 amide bonds. The molecule has 0 radical (unpaired) electrons. The Hall–Kier alpha value is -1.82. The molecule has 2 atom stereocenters. The maximum absolute atomic E-state index is 11.4. The Morgan fingerprint density at radius 3 is 2.75 bits per heavy atom. The lowest BCUT2D eigenvalue weighted by Crippen LogP contribution is -2.35. The van der Waals surface area contributed by atoms with E-state index in [1.54, 1.807) is 26.0 Å². The fourth-order valence-corrected chi connectivity index (χ4v) is 2.06. The van der Waals surface area contributed by atoms with E-state index in [0.717, 1.165) is 0 Å². The second-order valence-corrected chi connectivity index (χ2v) is 4.75. The van der Waals surface area contributed by atoms with Gasteiger partial charge >= 0.3 is 11.9 Å². The first-order chi connectivity index (χ1) is 9.47. The molecule has 1 rings (SSSR count). The largest absolute Gasteiger partial charge is 0.481 e. The number of hydrogen-bond acceptors (Lipinski definition) is 5. The van der Waals surface area contributed by atoms with Crippen molar-refractivity contribution >= 4 is 11.9 Å². The molecule has 0 fully saturated rings. The number of ether oxygens (including phenoxy) is 1. The van der Waals surface area contributed by atoms with Gasteiger partial charge in [0, 0.05) is 11.7 Å². The van der Waals surface area contributed by atoms with Gasteiger partial charge in [0.25, 0.3) is 0 Å². The Morgan fingerprint density at radius 2 is 2.20 bits per heavy atom. The molecule has 2 unspecified atom stereocenters. The predicted octanol–water partition coefficient (Wildman–Crippen LogP) is 0.825. The molecule has 20 heavy (non-hydrogen) atoms. The lowest BCUT2D eigenvalue weighted by molar-refractivity contribution is -0.143. The highest BCUT2D eigenvalue weighted by atomic mass is 16.5. The van der Waals surface area contributed by atoms with Crippen LogP contribution >= 0.6 is 0 Å². The van der Waals surface area contributed by atoms with E-state index < -0.39 is 11.9 Å². The van der Waals surface area contributed by atoms with E-state index in [9.17, 15) is 14.7 Å². The molecule has 6 heteroatoms. The first-order valence-corrected chi connectivity index (χ1v) is 6.63. The number of carboxylic acid groups (broad SMARTS) is 1. The minimum absolute atomic E-state index is 0.147. The normalized spacial score (nSPS) is 19.6. The topological polar surface area (TPSA) is 95.9 Å². The Bertz CT molecular complexity index is 427. The van der Waals surface area contributed by atoms with Gasteiger partial charge in [0.15, 0.2) is 0 Å². The van der Waals surface area contributed by atoms with Gasteiger partial charge < -0.3 is 20.3 Å². The molecule has 0 aliphatic heterocycles. The number of esters is 1. The van der Waals surface area contributed by atoms with Crippen molar-refractivity contribution in [3.63, 3.8) is 0 Å². The highest BCUT2D eigenvalue weighted by Gasteiger charge is 2.27. The monoisotopic (exact) mass is 283 g/mol. The lowest BCUT2D eigenvalue weighted by Gasteiger charge is -2.25. The summed E-state index contributed by atoms with van der Waals surface area (Å²) < 4.78 is 4.85. The van der Waals surface area contributed by atoms with Crippen molar-refractivity contribution in [1.82, 2.24) is 5.32 Å². The van der Waals surface area contributed by atoms with E-state index in [-0.39, 0.29) is 31.5 Å². The summed E-state index contributed by atoms with van der Waals surface area (Å²) in [5.41, 5.74) is 1.23. The van der Waals surface area contributed by atoms with Crippen LogP contribution in [0.25, 0.3) is 0 Å². The van der Waals surface area contributed by atoms with Gasteiger partial charge in [0.05, 0.1) is 19.6 Å². The van der Waals surface area contributed by atoms with Crippen molar-refractivity contribution in [2.75, 3.05) is 13.2 Å². The van der Waals surface area contributed by atoms with Crippen molar-refractivity contribution in [2.24, 2.45) is 5.92 Å². The molecule has 112 valence electrons. The molecule has 0 aromatic rings. The van der Waals surface area contributed by atoms with Crippen LogP contribution in [0, 0.1) is 5.92 Å². The standard InChI is InChI=1S/C14H21NO5/c1-3-20-13(17)6-9(2)15-12-5-4-10(8-16)7-11(12)14(18)19/h4-5,9,11,15-16H,3,6-8H2,1-2H3,(H,18,19). The van der Waals surface area contributed by atoms with E-state index in [0.29, 0.717) is 17.9 Å². The molecule has 6 nitrogen and oxygen atoms in total. The molecule has 0 saturated heterocycles. The number of nitrogens with one attached hydrogen (secondary N) is 1. The van der Waals surface area contributed by atoms with Gasteiger partial charge in [-0.15, -0.1) is 0 Å². The molecule has 0 heterocycles. The number of carboxylic acids is 1. The number of aliphatic carboxylic acids is 1. The fraction of sp³-hybridized carbons (Fsp3) is 0.571. The van der Waals surface area contributed by atoms with Crippen LogP contribution < -0.4 is 5.32 Å². The van der Waals surface area contributed by atoms with Crippen molar-refractivity contribution in [3.05, 3.63) is 23.4 Å². The van der Waals surface area contributed by atoms with Crippen molar-refractivity contribution in [2.45, 2.75) is 32.7 Å². The summed E-state index contributed by atoms with van der Waals surface area (Å²) in [7, 11) is 0. The highest BCUT2D eigenvalue weighted by molar-refractivity contribution is 5.75. The number of hydrogen-bond donors (Lipinski definition) is 3. The van der Waals surface area contributed by atoms with E-state index in [1.807, 2.05) is 0 Å². The Kier molecular flexibility index (Phi) is 6.24. The van der Waals surface area contributed by atoms with Crippen molar-refractivity contribution < 1.29 is 24.5 Å². The first kappa shape index (κ1) is 16.2. The zero-order chi connectivity index (χ0) is 15.1. The zero-order valence-electron chi connectivity index (χ0n) is 11.8. The van der Waals surface area contributed by atoms with E-state index >= 15 is 0 Å². The van der Waals surface area contributed by atoms with E-state index in [4.69, 9.17) is 9.84 Å². The summed E-state index contributed by atoms with van der Waals surface area (Å²) in [4.78, 5) is 22.6. The fourth-order valence-electron chi connectivity index (χ4n) is 2.06. The van der Waals surface area contributed by atoms with Crippen molar-refractivity contribution in [1.29, 1.82) is 0 Å². The minimum Gasteiger partial charge on any atom is -0.481 e. The zero-order valence-corrected chi connectivity index (χ0v) is 11.8. The number of allylic oxidation sites excluding steroid dienone is 2. The van der Waals surface area contributed by atoms with E-state index in [2.05, 4.69) is 5.32 Å². The summed E-state index contributed by atoms with van der Waals surface area (Å²) in [6.45, 7) is 3.71. The second-order valence-electron chi connectivity index (χ2n) is 4.75. The average Bonchev–Trinajstić information content (AvgIpc) is 2.38. The summed E-state index contributed by atoms with van der Waals surface area (Å²) in [6, 6.07) is -0.216. The number of carbonyl (C=O) groups is 2. The van der Waals surface area contributed by atoms with Crippen LogP contribution in [-0.2, 0) is 14.3 Å². The SMILES string of the molecule is CCOC(=O)CC(C)NC1=CC=C(CO)CC1C(=O)O. The van der Waals surface area contributed by atoms with Crippen LogP contribution in [0.3, 0.4) is 0 Å². The molecule has 0 aromatic carbocycles. The highest BCUT2D eigenvalue weighted by Crippen LogP contribution is 2.24. The Morgan fingerprint density at radius 1 is 1.50 bits per heavy atom. The quantitative estimate of drug-likeness (QED) is 0.599. The maximum atomic E-state index is 11.4. The molecule has 1 aliphatic rings. The van der Waals surface area contributed by atoms with Crippen molar-refractivity contribution in [3.8, 4) is 0 Å². The lowest BCUT2D eigenvalue weighted by atomic mass is 9.91. The summed E-state index contributed by atoms with van der Waals surface area (Å²) >= 11 is 0. The first-order valence-electron chi connectivity index (χ1n) is 6.63. The predicted molar refractivity (Wildman–Crippen MR) is 72.8 cm³/mol. The number of aliphatic hydroxyl groups is 1. The molecular weight excluding hydrogens is 262 g/mol. The molecule has 0 saturated carbocycles. The smallest absolute Gasteiger partial charge is 0.312 e. The van der Waals surface area contributed by atoms with Gasteiger partial charge in [0.1, 0.15) is 5.92 Å². The van der Waals surface area contributed by atoms with Crippen LogP contribution in [0.15, 0.2) is 23.4 Å². The Balaban J connectivity index is 2.67. The van der Waals surface area contributed by atoms with Crippen LogP contribution in [0.1, 0.15) is 26.7 Å². The third-order valence-corrected chi connectivity index (χ3v) is 3.03.